The van der Waals surface area contributed by atoms with Crippen molar-refractivity contribution in [2.24, 2.45) is 5.10 Å². The number of aromatic nitrogens is 3. The van der Waals surface area contributed by atoms with Crippen molar-refractivity contribution >= 4 is 23.0 Å². The maximum Gasteiger partial charge on any atom is 0.182 e. The third-order valence-corrected chi connectivity index (χ3v) is 3.64. The Kier molecular flexibility index (Phi) is 5.13. The van der Waals surface area contributed by atoms with Crippen LogP contribution in [0.1, 0.15) is 19.0 Å². The molecule has 2 aromatic carbocycles. The van der Waals surface area contributed by atoms with Crippen LogP contribution in [-0.2, 0) is 0 Å². The van der Waals surface area contributed by atoms with Crippen LogP contribution >= 0.6 is 11.6 Å². The number of nitrogens with zero attached hydrogens (tertiary/aromatic N) is 4. The van der Waals surface area contributed by atoms with E-state index in [9.17, 15) is 0 Å². The Bertz CT molecular complexity index is 832. The summed E-state index contributed by atoms with van der Waals surface area (Å²) in [6.45, 7) is 2.02. The van der Waals surface area contributed by atoms with Gasteiger partial charge in [-0.25, -0.2) is 4.98 Å². The monoisotopic (exact) mass is 337 g/mol. The van der Waals surface area contributed by atoms with E-state index in [2.05, 4.69) is 25.7 Å². The van der Waals surface area contributed by atoms with Crippen molar-refractivity contribution in [2.75, 3.05) is 5.43 Å². The lowest BCUT2D eigenvalue weighted by Crippen LogP contribution is -2.08. The van der Waals surface area contributed by atoms with Crippen LogP contribution in [0.15, 0.2) is 65.9 Å². The molecule has 0 saturated heterocycles. The predicted octanol–water partition coefficient (Wildman–Crippen LogP) is 4.42. The summed E-state index contributed by atoms with van der Waals surface area (Å²) in [5.41, 5.74) is 6.31. The van der Waals surface area contributed by atoms with E-state index in [-0.39, 0.29) is 0 Å². The van der Waals surface area contributed by atoms with Crippen LogP contribution in [0.3, 0.4) is 0 Å². The molecule has 3 aromatic rings. The maximum absolute atomic E-state index is 5.88. The van der Waals surface area contributed by atoms with E-state index < -0.39 is 0 Å². The summed E-state index contributed by atoms with van der Waals surface area (Å²) in [4.78, 5) is 4.58. The van der Waals surface area contributed by atoms with Crippen molar-refractivity contribution < 1.29 is 0 Å². The van der Waals surface area contributed by atoms with E-state index in [1.165, 1.54) is 0 Å². The van der Waals surface area contributed by atoms with Gasteiger partial charge in [-0.3, -0.25) is 5.43 Å². The number of halogens is 1. The van der Waals surface area contributed by atoms with Crippen molar-refractivity contribution in [1.82, 2.24) is 15.2 Å². The van der Waals surface area contributed by atoms with E-state index in [1.807, 2.05) is 61.5 Å². The van der Waals surface area contributed by atoms with Gasteiger partial charge in [0.2, 0.25) is 0 Å². The summed E-state index contributed by atoms with van der Waals surface area (Å²) in [7, 11) is 0. The van der Waals surface area contributed by atoms with Gasteiger partial charge in [-0.2, -0.15) is 10.2 Å². The van der Waals surface area contributed by atoms with Crippen molar-refractivity contribution in [2.45, 2.75) is 13.3 Å². The molecule has 0 fully saturated rings. The smallest absolute Gasteiger partial charge is 0.182 e. The number of nitrogens with one attached hydrogen (secondary N) is 1. The van der Waals surface area contributed by atoms with Crippen molar-refractivity contribution in [3.8, 4) is 11.4 Å². The van der Waals surface area contributed by atoms with Crippen molar-refractivity contribution in [3.05, 3.63) is 71.5 Å². The summed E-state index contributed by atoms with van der Waals surface area (Å²) < 4.78 is 0. The average molecular weight is 338 g/mol. The van der Waals surface area contributed by atoms with E-state index in [0.29, 0.717) is 23.0 Å². The minimum Gasteiger partial charge on any atom is -0.278 e. The van der Waals surface area contributed by atoms with Gasteiger partial charge in [0, 0.05) is 10.6 Å². The first-order valence-electron chi connectivity index (χ1n) is 7.60. The molecule has 0 aliphatic heterocycles. The van der Waals surface area contributed by atoms with Crippen LogP contribution in [0.25, 0.3) is 11.4 Å². The van der Waals surface area contributed by atoms with Crippen LogP contribution in [0.2, 0.25) is 5.02 Å². The van der Waals surface area contributed by atoms with Gasteiger partial charge in [0.25, 0.3) is 0 Å². The van der Waals surface area contributed by atoms with Crippen LogP contribution in [0.5, 0.6) is 0 Å². The second-order valence-electron chi connectivity index (χ2n) is 5.06. The molecule has 120 valence electrons. The highest BCUT2D eigenvalue weighted by Gasteiger charge is 2.08. The van der Waals surface area contributed by atoms with Crippen molar-refractivity contribution in [3.63, 3.8) is 0 Å². The number of hydrogen-bond donors (Lipinski definition) is 1. The first kappa shape index (κ1) is 16.1. The van der Waals surface area contributed by atoms with Gasteiger partial charge in [-0.1, -0.05) is 48.9 Å². The molecule has 1 aromatic heterocycles. The van der Waals surface area contributed by atoms with Gasteiger partial charge in [0.1, 0.15) is 5.69 Å². The average Bonchev–Trinajstić information content (AvgIpc) is 2.65. The van der Waals surface area contributed by atoms with Gasteiger partial charge in [-0.05, 0) is 30.7 Å². The van der Waals surface area contributed by atoms with E-state index in [4.69, 9.17) is 11.6 Å². The number of hydrazone groups is 1. The normalized spacial score (nSPS) is 11.3. The molecular weight excluding hydrogens is 322 g/mol. The molecule has 0 unspecified atom stereocenters. The minimum atomic E-state index is 0.584. The first-order valence-corrected chi connectivity index (χ1v) is 7.97. The standard InChI is InChI=1S/C18H16ClN5/c1-2-16(23-22-15-10-8-14(19)9-11-15)17-12-20-24-18(21-17)13-6-4-3-5-7-13/h3-12,22H,2H2,1H3/b23-16-. The quantitative estimate of drug-likeness (QED) is 0.553. The van der Waals surface area contributed by atoms with Crippen LogP contribution in [0, 0.1) is 0 Å². The Morgan fingerprint density at radius 1 is 1.08 bits per heavy atom. The summed E-state index contributed by atoms with van der Waals surface area (Å²) in [6.07, 6.45) is 2.34. The third kappa shape index (κ3) is 3.94. The van der Waals surface area contributed by atoms with Gasteiger partial charge in [-0.15, -0.1) is 5.10 Å². The van der Waals surface area contributed by atoms with Crippen LogP contribution in [0.4, 0.5) is 5.69 Å². The lowest BCUT2D eigenvalue weighted by atomic mass is 10.2. The van der Waals surface area contributed by atoms with E-state index >= 15 is 0 Å². The van der Waals surface area contributed by atoms with Crippen LogP contribution in [-0.4, -0.2) is 20.9 Å². The highest BCUT2D eigenvalue weighted by molar-refractivity contribution is 6.30. The van der Waals surface area contributed by atoms with Gasteiger partial charge in [0.15, 0.2) is 5.82 Å². The minimum absolute atomic E-state index is 0.584. The zero-order valence-corrected chi connectivity index (χ0v) is 13.9. The molecule has 1 heterocycles. The van der Waals surface area contributed by atoms with E-state index in [1.54, 1.807) is 6.20 Å². The van der Waals surface area contributed by atoms with Gasteiger partial charge >= 0.3 is 0 Å². The summed E-state index contributed by atoms with van der Waals surface area (Å²) in [5.74, 6) is 0.584. The number of benzene rings is 2. The van der Waals surface area contributed by atoms with E-state index in [0.717, 1.165) is 17.0 Å². The molecule has 0 radical (unpaired) electrons. The molecule has 0 saturated carbocycles. The fourth-order valence-corrected chi connectivity index (χ4v) is 2.25. The molecule has 0 atom stereocenters. The number of rotatable bonds is 5. The summed E-state index contributed by atoms with van der Waals surface area (Å²) in [5, 5.41) is 13.3. The van der Waals surface area contributed by atoms with Crippen molar-refractivity contribution in [1.29, 1.82) is 0 Å². The highest BCUT2D eigenvalue weighted by atomic mass is 35.5. The highest BCUT2D eigenvalue weighted by Crippen LogP contribution is 2.15. The number of hydrogen-bond acceptors (Lipinski definition) is 5. The Morgan fingerprint density at radius 2 is 1.83 bits per heavy atom. The lowest BCUT2D eigenvalue weighted by molar-refractivity contribution is 0.966. The molecule has 1 N–H and O–H groups in total. The molecule has 0 amide bonds. The molecule has 3 rings (SSSR count). The largest absolute Gasteiger partial charge is 0.278 e. The van der Waals surface area contributed by atoms with Crippen LogP contribution < -0.4 is 5.43 Å². The molecule has 5 nitrogen and oxygen atoms in total. The molecular formula is C18H16ClN5. The second-order valence-corrected chi connectivity index (χ2v) is 5.50. The Balaban J connectivity index is 1.85. The molecule has 24 heavy (non-hydrogen) atoms. The molecule has 6 heteroatoms. The molecule has 0 spiro atoms. The Morgan fingerprint density at radius 3 is 2.54 bits per heavy atom. The number of anilines is 1. The van der Waals surface area contributed by atoms with Gasteiger partial charge in [0.05, 0.1) is 17.6 Å². The second kappa shape index (κ2) is 7.66. The Labute approximate surface area is 145 Å². The summed E-state index contributed by atoms with van der Waals surface area (Å²) >= 11 is 5.88. The zero-order chi connectivity index (χ0) is 16.8. The SMILES string of the molecule is CC/C(=N/Nc1ccc(Cl)cc1)c1cnnc(-c2ccccc2)n1. The van der Waals surface area contributed by atoms with Gasteiger partial charge < -0.3 is 0 Å². The zero-order valence-electron chi connectivity index (χ0n) is 13.1. The topological polar surface area (TPSA) is 63.1 Å². The third-order valence-electron chi connectivity index (χ3n) is 3.39. The molecule has 0 bridgehead atoms. The summed E-state index contributed by atoms with van der Waals surface area (Å²) in [6, 6.07) is 17.1. The molecule has 0 aliphatic rings. The lowest BCUT2D eigenvalue weighted by Gasteiger charge is -2.06. The first-order chi connectivity index (χ1) is 11.8. The Hall–Kier alpha value is -2.79. The fraction of sp³-hybridized carbons (Fsp3) is 0.111. The predicted molar refractivity (Wildman–Crippen MR) is 97.2 cm³/mol. The fourth-order valence-electron chi connectivity index (χ4n) is 2.13. The molecule has 0 aliphatic carbocycles. The maximum atomic E-state index is 5.88.